The van der Waals surface area contributed by atoms with Crippen molar-refractivity contribution in [3.8, 4) is 22.9 Å². The van der Waals surface area contributed by atoms with Crippen LogP contribution in [0.4, 0.5) is 10.2 Å². The molecule has 1 spiro atoms. The predicted molar refractivity (Wildman–Crippen MR) is 171 cm³/mol. The fourth-order valence-corrected chi connectivity index (χ4v) is 8.85. The van der Waals surface area contributed by atoms with Gasteiger partial charge in [-0.3, -0.25) is 4.90 Å². The Morgan fingerprint density at radius 2 is 1.78 bits per heavy atom. The number of piperidine rings is 1. The van der Waals surface area contributed by atoms with Crippen LogP contribution in [0.5, 0.6) is 11.6 Å². The van der Waals surface area contributed by atoms with Gasteiger partial charge in [0.15, 0.2) is 5.82 Å². The summed E-state index contributed by atoms with van der Waals surface area (Å²) in [7, 11) is 0. The van der Waals surface area contributed by atoms with Crippen LogP contribution in [0.15, 0.2) is 36.8 Å². The maximum atomic E-state index is 14.5. The van der Waals surface area contributed by atoms with Crippen LogP contribution in [0, 0.1) is 23.1 Å². The standard InChI is InChI=1S/C35H45FN8O/c1-23(2)32(25-16-27(17-25)42-13-4-3-5-14-42)44-20-35(21-44)11-15-43(19-35)33-34(41-39-22-37-33)45-30-9-8-26(36)18-29(30)31-28(24-6-7-24)10-12-38-40-31/h8-10,12,18,22-25,27,32H,3-7,11,13-17,19-21H2,1-2H3/t25?,27?,32-/m0/s1. The Balaban J connectivity index is 0.955. The first kappa shape index (κ1) is 29.2. The number of rotatable bonds is 9. The zero-order valence-corrected chi connectivity index (χ0v) is 26.6. The molecule has 2 aromatic heterocycles. The lowest BCUT2D eigenvalue weighted by molar-refractivity contribution is -0.0813. The van der Waals surface area contributed by atoms with Crippen molar-refractivity contribution in [2.75, 3.05) is 44.2 Å². The Hall–Kier alpha value is -3.24. The molecule has 5 fully saturated rings. The summed E-state index contributed by atoms with van der Waals surface area (Å²) >= 11 is 0. The van der Waals surface area contributed by atoms with Gasteiger partial charge in [0, 0.05) is 55.4 Å². The van der Waals surface area contributed by atoms with E-state index in [9.17, 15) is 4.39 Å². The van der Waals surface area contributed by atoms with Gasteiger partial charge in [0.1, 0.15) is 23.6 Å². The molecule has 3 aromatic rings. The molecule has 1 atom stereocenters. The largest absolute Gasteiger partial charge is 0.434 e. The molecular formula is C35H45FN8O. The van der Waals surface area contributed by atoms with E-state index in [0.29, 0.717) is 46.6 Å². The van der Waals surface area contributed by atoms with Gasteiger partial charge in [0.05, 0.1) is 0 Å². The van der Waals surface area contributed by atoms with Crippen molar-refractivity contribution in [2.24, 2.45) is 17.3 Å². The van der Waals surface area contributed by atoms with Gasteiger partial charge in [-0.1, -0.05) is 20.3 Å². The summed E-state index contributed by atoms with van der Waals surface area (Å²) in [5.41, 5.74) is 2.59. The Bertz CT molecular complexity index is 1510. The molecule has 3 saturated heterocycles. The van der Waals surface area contributed by atoms with E-state index in [1.165, 1.54) is 63.7 Å². The number of hydrogen-bond acceptors (Lipinski definition) is 9. The van der Waals surface area contributed by atoms with Crippen LogP contribution in [-0.2, 0) is 0 Å². The molecule has 0 unspecified atom stereocenters. The molecule has 45 heavy (non-hydrogen) atoms. The Morgan fingerprint density at radius 3 is 2.56 bits per heavy atom. The van der Waals surface area contributed by atoms with E-state index in [1.54, 1.807) is 12.3 Å². The van der Waals surface area contributed by atoms with E-state index in [1.807, 2.05) is 6.07 Å². The van der Waals surface area contributed by atoms with Crippen LogP contribution >= 0.6 is 0 Å². The second kappa shape index (κ2) is 11.8. The molecule has 10 heteroatoms. The number of benzene rings is 1. The minimum absolute atomic E-state index is 0.269. The molecule has 9 nitrogen and oxygen atoms in total. The highest BCUT2D eigenvalue weighted by Gasteiger charge is 2.53. The van der Waals surface area contributed by atoms with Gasteiger partial charge < -0.3 is 14.5 Å². The van der Waals surface area contributed by atoms with Gasteiger partial charge in [0.2, 0.25) is 0 Å². The number of halogens is 1. The van der Waals surface area contributed by atoms with E-state index in [-0.39, 0.29) is 11.2 Å². The highest BCUT2D eigenvalue weighted by atomic mass is 19.1. The van der Waals surface area contributed by atoms with Crippen LogP contribution in [0.3, 0.4) is 0 Å². The van der Waals surface area contributed by atoms with Gasteiger partial charge in [-0.15, -0.1) is 10.2 Å². The molecule has 2 saturated carbocycles. The van der Waals surface area contributed by atoms with Crippen LogP contribution < -0.4 is 9.64 Å². The van der Waals surface area contributed by atoms with Crippen LogP contribution in [0.2, 0.25) is 0 Å². The lowest BCUT2D eigenvalue weighted by Crippen LogP contribution is -2.65. The first-order valence-corrected chi connectivity index (χ1v) is 17.2. The first-order chi connectivity index (χ1) is 22.0. The van der Waals surface area contributed by atoms with Crippen molar-refractivity contribution in [3.05, 3.63) is 48.2 Å². The number of hydrogen-bond donors (Lipinski definition) is 0. The summed E-state index contributed by atoms with van der Waals surface area (Å²) in [5.74, 6) is 3.08. The third-order valence-electron chi connectivity index (χ3n) is 11.2. The molecule has 8 rings (SSSR count). The van der Waals surface area contributed by atoms with Crippen molar-refractivity contribution in [1.82, 2.24) is 35.2 Å². The van der Waals surface area contributed by atoms with Gasteiger partial charge in [0.25, 0.3) is 5.88 Å². The highest BCUT2D eigenvalue weighted by Crippen LogP contribution is 2.49. The van der Waals surface area contributed by atoms with Crippen molar-refractivity contribution in [2.45, 2.75) is 83.2 Å². The summed E-state index contributed by atoms with van der Waals surface area (Å²) in [6.45, 7) is 11.6. The lowest BCUT2D eigenvalue weighted by Gasteiger charge is -2.58. The monoisotopic (exact) mass is 612 g/mol. The molecule has 0 bridgehead atoms. The average Bonchev–Trinajstić information content (AvgIpc) is 3.77. The fraction of sp³-hybridized carbons (Fsp3) is 0.629. The summed E-state index contributed by atoms with van der Waals surface area (Å²) in [4.78, 5) is 12.5. The predicted octanol–water partition coefficient (Wildman–Crippen LogP) is 5.94. The Labute approximate surface area is 265 Å². The summed E-state index contributed by atoms with van der Waals surface area (Å²) in [6.07, 6.45) is 13.4. The normalized spacial score (nSPS) is 25.7. The molecule has 0 amide bonds. The zero-order valence-electron chi connectivity index (χ0n) is 26.6. The zero-order chi connectivity index (χ0) is 30.5. The molecule has 0 N–H and O–H groups in total. The van der Waals surface area contributed by atoms with E-state index in [4.69, 9.17) is 4.74 Å². The number of nitrogens with zero attached hydrogens (tertiary/aromatic N) is 8. The summed E-state index contributed by atoms with van der Waals surface area (Å²) in [6, 6.07) is 8.00. The number of aromatic nitrogens is 5. The first-order valence-electron chi connectivity index (χ1n) is 17.2. The third kappa shape index (κ3) is 5.69. The lowest BCUT2D eigenvalue weighted by atomic mass is 9.68. The summed E-state index contributed by atoms with van der Waals surface area (Å²) in [5, 5.41) is 17.0. The fourth-order valence-electron chi connectivity index (χ4n) is 8.85. The summed E-state index contributed by atoms with van der Waals surface area (Å²) < 4.78 is 21.0. The van der Waals surface area contributed by atoms with Crippen molar-refractivity contribution in [3.63, 3.8) is 0 Å². The molecule has 5 aliphatic rings. The van der Waals surface area contributed by atoms with Gasteiger partial charge in [-0.25, -0.2) is 9.37 Å². The van der Waals surface area contributed by atoms with Crippen molar-refractivity contribution in [1.29, 1.82) is 0 Å². The number of anilines is 1. The van der Waals surface area contributed by atoms with Crippen LogP contribution in [-0.4, -0.2) is 86.5 Å². The maximum Gasteiger partial charge on any atom is 0.282 e. The maximum absolute atomic E-state index is 14.5. The van der Waals surface area contributed by atoms with Crippen molar-refractivity contribution < 1.29 is 9.13 Å². The van der Waals surface area contributed by atoms with Gasteiger partial charge >= 0.3 is 0 Å². The second-order valence-corrected chi connectivity index (χ2v) is 14.7. The Kier molecular flexibility index (Phi) is 7.68. The second-order valence-electron chi connectivity index (χ2n) is 14.7. The van der Waals surface area contributed by atoms with E-state index >= 15 is 0 Å². The molecule has 0 radical (unpaired) electrons. The molecule has 1 aromatic carbocycles. The number of likely N-dealkylation sites (tertiary alicyclic amines) is 2. The molecule has 3 aliphatic heterocycles. The smallest absolute Gasteiger partial charge is 0.282 e. The van der Waals surface area contributed by atoms with Crippen LogP contribution in [0.25, 0.3) is 11.3 Å². The quantitative estimate of drug-likeness (QED) is 0.292. The van der Waals surface area contributed by atoms with E-state index in [2.05, 4.69) is 53.9 Å². The van der Waals surface area contributed by atoms with Crippen LogP contribution in [0.1, 0.15) is 76.7 Å². The van der Waals surface area contributed by atoms with Gasteiger partial charge in [-0.2, -0.15) is 10.2 Å². The van der Waals surface area contributed by atoms with E-state index < -0.39 is 0 Å². The SMILES string of the molecule is CC(C)[C@@H](C1CC(N2CCCCC2)C1)N1CC2(CCN(c3ncnnc3Oc3ccc(F)cc3-c3nnccc3C3CC3)C2)C1. The molecule has 5 heterocycles. The molecule has 238 valence electrons. The van der Waals surface area contributed by atoms with Crippen molar-refractivity contribution >= 4 is 5.82 Å². The highest BCUT2D eigenvalue weighted by molar-refractivity contribution is 5.71. The molecule has 2 aliphatic carbocycles. The minimum atomic E-state index is -0.345. The number of ether oxygens (including phenoxy) is 1. The third-order valence-corrected chi connectivity index (χ3v) is 11.2. The topological polar surface area (TPSA) is 83.4 Å². The molecular weight excluding hydrogens is 567 g/mol. The Morgan fingerprint density at radius 1 is 0.956 bits per heavy atom. The van der Waals surface area contributed by atoms with E-state index in [0.717, 1.165) is 63.0 Å². The average molecular weight is 613 g/mol. The van der Waals surface area contributed by atoms with Gasteiger partial charge in [-0.05, 0) is 106 Å². The minimum Gasteiger partial charge on any atom is -0.434 e.